The number of ether oxygens (including phenoxy) is 1. The summed E-state index contributed by atoms with van der Waals surface area (Å²) < 4.78 is 5.81. The van der Waals surface area contributed by atoms with Crippen molar-refractivity contribution in [2.75, 3.05) is 44.1 Å². The maximum absolute atomic E-state index is 5.81. The van der Waals surface area contributed by atoms with Gasteiger partial charge in [0.05, 0.1) is 0 Å². The summed E-state index contributed by atoms with van der Waals surface area (Å²) in [5.41, 5.74) is 1.52. The van der Waals surface area contributed by atoms with E-state index in [4.69, 9.17) is 4.74 Å². The van der Waals surface area contributed by atoms with Crippen molar-refractivity contribution in [3.63, 3.8) is 0 Å². The first-order chi connectivity index (χ1) is 9.97. The molecule has 1 aliphatic heterocycles. The number of nitrogens with zero attached hydrogens (tertiary/aromatic N) is 1. The number of hydrogen-bond donors (Lipinski definition) is 1. The van der Waals surface area contributed by atoms with Gasteiger partial charge in [-0.2, -0.15) is 11.8 Å². The molecule has 0 aromatic heterocycles. The lowest BCUT2D eigenvalue weighted by molar-refractivity contribution is 0.261. The minimum absolute atomic E-state index is 0.354. The molecule has 1 aliphatic rings. The fraction of sp³-hybridized carbons (Fsp3) is 0.647. The Morgan fingerprint density at radius 1 is 1.38 bits per heavy atom. The lowest BCUT2D eigenvalue weighted by Crippen LogP contribution is -2.41. The van der Waals surface area contributed by atoms with E-state index in [2.05, 4.69) is 56.4 Å². The molecule has 0 saturated carbocycles. The van der Waals surface area contributed by atoms with Crippen LogP contribution in [0, 0.1) is 5.41 Å². The summed E-state index contributed by atoms with van der Waals surface area (Å²) >= 11 is 2.05. The van der Waals surface area contributed by atoms with Crippen LogP contribution in [0.5, 0.6) is 5.75 Å². The van der Waals surface area contributed by atoms with Gasteiger partial charge in [-0.05, 0) is 43.8 Å². The Morgan fingerprint density at radius 2 is 2.19 bits per heavy atom. The molecule has 0 bridgehead atoms. The highest BCUT2D eigenvalue weighted by Crippen LogP contribution is 2.36. The standard InChI is InChI=1S/C17H28N2OS/c1-17(2)8-11-21-13-16(17)18-14-6-5-7-15(12-14)20-10-9-19(3)4/h5-7,12,16,18H,8-11,13H2,1-4H3. The fourth-order valence-electron chi connectivity index (χ4n) is 2.40. The Hall–Kier alpha value is -0.870. The zero-order chi connectivity index (χ0) is 15.3. The number of hydrogen-bond acceptors (Lipinski definition) is 4. The van der Waals surface area contributed by atoms with Gasteiger partial charge >= 0.3 is 0 Å². The molecule has 1 atom stereocenters. The second-order valence-electron chi connectivity index (χ2n) is 6.69. The number of nitrogens with one attached hydrogen (secondary N) is 1. The van der Waals surface area contributed by atoms with Crippen LogP contribution in [0.25, 0.3) is 0 Å². The number of thioether (sulfide) groups is 1. The summed E-state index contributed by atoms with van der Waals surface area (Å²) in [6.45, 7) is 6.38. The maximum Gasteiger partial charge on any atom is 0.121 e. The van der Waals surface area contributed by atoms with E-state index in [9.17, 15) is 0 Å². The normalized spacial score (nSPS) is 21.3. The van der Waals surface area contributed by atoms with Gasteiger partial charge in [0, 0.05) is 30.1 Å². The minimum Gasteiger partial charge on any atom is -0.492 e. The monoisotopic (exact) mass is 308 g/mol. The van der Waals surface area contributed by atoms with Crippen LogP contribution in [0.4, 0.5) is 5.69 Å². The van der Waals surface area contributed by atoms with Gasteiger partial charge in [0.2, 0.25) is 0 Å². The summed E-state index contributed by atoms with van der Waals surface area (Å²) in [6, 6.07) is 8.87. The molecule has 0 radical (unpaired) electrons. The van der Waals surface area contributed by atoms with E-state index < -0.39 is 0 Å². The molecule has 3 nitrogen and oxygen atoms in total. The molecule has 21 heavy (non-hydrogen) atoms. The molecule has 0 amide bonds. The highest BCUT2D eigenvalue weighted by Gasteiger charge is 2.32. The molecule has 2 rings (SSSR count). The van der Waals surface area contributed by atoms with E-state index in [-0.39, 0.29) is 0 Å². The summed E-state index contributed by atoms with van der Waals surface area (Å²) in [5, 5.41) is 3.70. The van der Waals surface area contributed by atoms with Crippen molar-refractivity contribution in [3.8, 4) is 5.75 Å². The van der Waals surface area contributed by atoms with Crippen LogP contribution in [0.15, 0.2) is 24.3 Å². The van der Waals surface area contributed by atoms with Gasteiger partial charge in [-0.15, -0.1) is 0 Å². The molecule has 118 valence electrons. The molecule has 4 heteroatoms. The van der Waals surface area contributed by atoms with Crippen molar-refractivity contribution in [2.45, 2.75) is 26.3 Å². The Labute approximate surface area is 133 Å². The smallest absolute Gasteiger partial charge is 0.121 e. The second kappa shape index (κ2) is 7.41. The third kappa shape index (κ3) is 5.11. The van der Waals surface area contributed by atoms with Crippen molar-refractivity contribution in [1.29, 1.82) is 0 Å². The van der Waals surface area contributed by atoms with E-state index in [0.717, 1.165) is 24.6 Å². The van der Waals surface area contributed by atoms with Crippen LogP contribution in [-0.4, -0.2) is 49.7 Å². The van der Waals surface area contributed by atoms with Crippen molar-refractivity contribution in [1.82, 2.24) is 4.90 Å². The van der Waals surface area contributed by atoms with Gasteiger partial charge < -0.3 is 15.0 Å². The van der Waals surface area contributed by atoms with Gasteiger partial charge in [0.25, 0.3) is 0 Å². The number of rotatable bonds is 6. The number of benzene rings is 1. The van der Waals surface area contributed by atoms with Gasteiger partial charge in [-0.1, -0.05) is 19.9 Å². The molecule has 1 unspecified atom stereocenters. The molecule has 0 spiro atoms. The van der Waals surface area contributed by atoms with Crippen molar-refractivity contribution in [3.05, 3.63) is 24.3 Å². The van der Waals surface area contributed by atoms with E-state index >= 15 is 0 Å². The summed E-state index contributed by atoms with van der Waals surface area (Å²) in [6.07, 6.45) is 1.27. The van der Waals surface area contributed by atoms with Crippen LogP contribution in [0.3, 0.4) is 0 Å². The molecule has 1 aromatic rings. The zero-order valence-corrected chi connectivity index (χ0v) is 14.5. The molecule has 1 aromatic carbocycles. The molecular weight excluding hydrogens is 280 g/mol. The molecule has 0 aliphatic carbocycles. The summed E-state index contributed by atoms with van der Waals surface area (Å²) in [7, 11) is 4.12. The van der Waals surface area contributed by atoms with E-state index in [0.29, 0.717) is 11.5 Å². The fourth-order valence-corrected chi connectivity index (χ4v) is 4.00. The van der Waals surface area contributed by atoms with E-state index in [1.165, 1.54) is 17.9 Å². The predicted molar refractivity (Wildman–Crippen MR) is 93.6 cm³/mol. The largest absolute Gasteiger partial charge is 0.492 e. The lowest BCUT2D eigenvalue weighted by Gasteiger charge is -2.39. The Kier molecular flexibility index (Phi) is 5.82. The third-order valence-electron chi connectivity index (χ3n) is 4.10. The third-order valence-corrected chi connectivity index (χ3v) is 5.16. The van der Waals surface area contributed by atoms with Crippen LogP contribution in [-0.2, 0) is 0 Å². The first-order valence-corrected chi connectivity index (χ1v) is 8.85. The van der Waals surface area contributed by atoms with Crippen molar-refractivity contribution in [2.24, 2.45) is 5.41 Å². The average molecular weight is 308 g/mol. The number of likely N-dealkylation sites (N-methyl/N-ethyl adjacent to an activating group) is 1. The van der Waals surface area contributed by atoms with Crippen LogP contribution < -0.4 is 10.1 Å². The Morgan fingerprint density at radius 3 is 2.90 bits per heavy atom. The Bertz CT molecular complexity index is 448. The molecule has 1 saturated heterocycles. The highest BCUT2D eigenvalue weighted by molar-refractivity contribution is 7.99. The molecule has 1 fully saturated rings. The van der Waals surface area contributed by atoms with Crippen LogP contribution in [0.1, 0.15) is 20.3 Å². The van der Waals surface area contributed by atoms with Gasteiger partial charge in [0.15, 0.2) is 0 Å². The maximum atomic E-state index is 5.81. The van der Waals surface area contributed by atoms with Gasteiger partial charge in [-0.25, -0.2) is 0 Å². The summed E-state index contributed by atoms with van der Waals surface area (Å²) in [4.78, 5) is 2.13. The lowest BCUT2D eigenvalue weighted by atomic mass is 9.82. The molecule has 1 N–H and O–H groups in total. The minimum atomic E-state index is 0.354. The average Bonchev–Trinajstić information content (AvgIpc) is 2.41. The van der Waals surface area contributed by atoms with Crippen molar-refractivity contribution < 1.29 is 4.74 Å². The van der Waals surface area contributed by atoms with Gasteiger partial charge in [0.1, 0.15) is 12.4 Å². The van der Waals surface area contributed by atoms with Gasteiger partial charge in [-0.3, -0.25) is 0 Å². The number of anilines is 1. The summed E-state index contributed by atoms with van der Waals surface area (Å²) in [5.74, 6) is 3.40. The highest BCUT2D eigenvalue weighted by atomic mass is 32.2. The SMILES string of the molecule is CN(C)CCOc1cccc(NC2CSCCC2(C)C)c1. The van der Waals surface area contributed by atoms with E-state index in [1.807, 2.05) is 17.8 Å². The predicted octanol–water partition coefficient (Wildman–Crippen LogP) is 3.57. The van der Waals surface area contributed by atoms with Crippen LogP contribution >= 0.6 is 11.8 Å². The molecule has 1 heterocycles. The first kappa shape index (κ1) is 16.5. The van der Waals surface area contributed by atoms with Crippen LogP contribution in [0.2, 0.25) is 0 Å². The first-order valence-electron chi connectivity index (χ1n) is 7.69. The zero-order valence-electron chi connectivity index (χ0n) is 13.7. The van der Waals surface area contributed by atoms with Crippen molar-refractivity contribution >= 4 is 17.4 Å². The Balaban J connectivity index is 1.94. The molecular formula is C17H28N2OS. The quantitative estimate of drug-likeness (QED) is 0.868. The second-order valence-corrected chi connectivity index (χ2v) is 7.84. The topological polar surface area (TPSA) is 24.5 Å². The van der Waals surface area contributed by atoms with E-state index in [1.54, 1.807) is 0 Å².